The monoisotopic (exact) mass is 311 g/mol. The molecule has 0 atom stereocenters. The zero-order valence-electron chi connectivity index (χ0n) is 11.6. The first-order valence-corrected chi connectivity index (χ1v) is 7.80. The number of carbonyl (C=O) groups is 1. The maximum Gasteiger partial charge on any atom is 0.265 e. The molecular formula is C12H17N5OS2. The number of carbonyl (C=O) groups excluding carboxylic acids is 1. The molecule has 0 aromatic carbocycles. The summed E-state index contributed by atoms with van der Waals surface area (Å²) in [4.78, 5) is 22.8. The predicted molar refractivity (Wildman–Crippen MR) is 83.7 cm³/mol. The van der Waals surface area contributed by atoms with Crippen molar-refractivity contribution in [2.24, 2.45) is 0 Å². The number of nitrogen functional groups attached to an aromatic ring is 1. The summed E-state index contributed by atoms with van der Waals surface area (Å²) in [6.07, 6.45) is 0.718. The first-order valence-electron chi connectivity index (χ1n) is 6.10. The highest BCUT2D eigenvalue weighted by molar-refractivity contribution is 7.18. The highest BCUT2D eigenvalue weighted by Crippen LogP contribution is 2.26. The van der Waals surface area contributed by atoms with Gasteiger partial charge in [0.15, 0.2) is 5.13 Å². The van der Waals surface area contributed by atoms with E-state index >= 15 is 0 Å². The number of aromatic nitrogens is 2. The van der Waals surface area contributed by atoms with Crippen LogP contribution in [-0.2, 0) is 6.42 Å². The van der Waals surface area contributed by atoms with Crippen LogP contribution in [0, 0.1) is 6.92 Å². The van der Waals surface area contributed by atoms with Crippen molar-refractivity contribution in [3.05, 3.63) is 21.0 Å². The fourth-order valence-electron chi connectivity index (χ4n) is 1.58. The highest BCUT2D eigenvalue weighted by Gasteiger charge is 2.16. The molecule has 0 saturated heterocycles. The highest BCUT2D eigenvalue weighted by atomic mass is 32.1. The molecule has 2 heterocycles. The van der Waals surface area contributed by atoms with Gasteiger partial charge in [0, 0.05) is 32.4 Å². The van der Waals surface area contributed by atoms with E-state index in [0.717, 1.165) is 22.3 Å². The van der Waals surface area contributed by atoms with Crippen LogP contribution in [0.25, 0.3) is 0 Å². The van der Waals surface area contributed by atoms with Crippen molar-refractivity contribution in [1.82, 2.24) is 15.3 Å². The van der Waals surface area contributed by atoms with E-state index in [1.807, 2.05) is 31.3 Å². The van der Waals surface area contributed by atoms with Crippen LogP contribution in [0.2, 0.25) is 0 Å². The van der Waals surface area contributed by atoms with Crippen LogP contribution < -0.4 is 16.0 Å². The Bertz CT molecular complexity index is 605. The minimum absolute atomic E-state index is 0.181. The van der Waals surface area contributed by atoms with Crippen molar-refractivity contribution in [1.29, 1.82) is 0 Å². The molecule has 0 unspecified atom stereocenters. The van der Waals surface area contributed by atoms with Crippen molar-refractivity contribution < 1.29 is 4.79 Å². The van der Waals surface area contributed by atoms with Gasteiger partial charge in [0.1, 0.15) is 10.7 Å². The average Bonchev–Trinajstić information content (AvgIpc) is 2.95. The number of aryl methyl sites for hydroxylation is 1. The van der Waals surface area contributed by atoms with E-state index in [1.54, 1.807) is 11.3 Å². The normalized spacial score (nSPS) is 10.6. The van der Waals surface area contributed by atoms with Crippen LogP contribution in [0.5, 0.6) is 0 Å². The van der Waals surface area contributed by atoms with E-state index in [2.05, 4.69) is 15.3 Å². The average molecular weight is 311 g/mol. The van der Waals surface area contributed by atoms with E-state index in [9.17, 15) is 4.79 Å². The van der Waals surface area contributed by atoms with Gasteiger partial charge in [-0.15, -0.1) is 11.3 Å². The zero-order valence-corrected chi connectivity index (χ0v) is 13.3. The molecule has 0 bridgehead atoms. The SMILES string of the molecule is Cc1nc(CCNC(=O)c2sc(N(C)C)nc2N)cs1. The summed E-state index contributed by atoms with van der Waals surface area (Å²) in [5.74, 6) is 0.0979. The van der Waals surface area contributed by atoms with Crippen LogP contribution in [0.1, 0.15) is 20.4 Å². The Hall–Kier alpha value is -1.67. The molecule has 6 nitrogen and oxygen atoms in total. The second-order valence-electron chi connectivity index (χ2n) is 4.47. The molecule has 2 rings (SSSR count). The number of amides is 1. The maximum absolute atomic E-state index is 12.0. The molecule has 8 heteroatoms. The lowest BCUT2D eigenvalue weighted by Crippen LogP contribution is -2.25. The number of hydrogen-bond acceptors (Lipinski definition) is 7. The molecule has 1 amide bonds. The van der Waals surface area contributed by atoms with Gasteiger partial charge in [-0.3, -0.25) is 4.79 Å². The Morgan fingerprint density at radius 1 is 1.45 bits per heavy atom. The third kappa shape index (κ3) is 3.45. The third-order valence-electron chi connectivity index (χ3n) is 2.56. The van der Waals surface area contributed by atoms with Crippen molar-refractivity contribution in [3.63, 3.8) is 0 Å². The molecular weight excluding hydrogens is 294 g/mol. The number of nitrogens with zero attached hydrogens (tertiary/aromatic N) is 3. The molecule has 0 radical (unpaired) electrons. The largest absolute Gasteiger partial charge is 0.382 e. The molecule has 0 aliphatic heterocycles. The Morgan fingerprint density at radius 2 is 2.20 bits per heavy atom. The summed E-state index contributed by atoms with van der Waals surface area (Å²) in [5.41, 5.74) is 6.77. The van der Waals surface area contributed by atoms with E-state index in [4.69, 9.17) is 5.73 Å². The summed E-state index contributed by atoms with van der Waals surface area (Å²) in [6.45, 7) is 2.50. The van der Waals surface area contributed by atoms with Gasteiger partial charge in [0.2, 0.25) is 0 Å². The fraction of sp³-hybridized carbons (Fsp3) is 0.417. The quantitative estimate of drug-likeness (QED) is 0.875. The van der Waals surface area contributed by atoms with Gasteiger partial charge in [-0.05, 0) is 6.92 Å². The lowest BCUT2D eigenvalue weighted by Gasteiger charge is -2.05. The number of rotatable bonds is 5. The summed E-state index contributed by atoms with van der Waals surface area (Å²) in [6, 6.07) is 0. The lowest BCUT2D eigenvalue weighted by molar-refractivity contribution is 0.0959. The molecule has 0 aliphatic carbocycles. The van der Waals surface area contributed by atoms with Gasteiger partial charge in [0.05, 0.1) is 10.7 Å². The Labute approximate surface area is 125 Å². The number of hydrogen-bond donors (Lipinski definition) is 2. The standard InChI is InChI=1S/C12H17N5OS2/c1-7-15-8(6-19-7)4-5-14-11(18)9-10(13)16-12(20-9)17(2)3/h6H,4-5,13H2,1-3H3,(H,14,18). The van der Waals surface area contributed by atoms with Crippen LogP contribution in [0.3, 0.4) is 0 Å². The van der Waals surface area contributed by atoms with Gasteiger partial charge in [-0.2, -0.15) is 0 Å². The van der Waals surface area contributed by atoms with Crippen molar-refractivity contribution in [2.75, 3.05) is 31.3 Å². The van der Waals surface area contributed by atoms with Crippen LogP contribution in [0.15, 0.2) is 5.38 Å². The van der Waals surface area contributed by atoms with Gasteiger partial charge < -0.3 is 16.0 Å². The second kappa shape index (κ2) is 6.19. The van der Waals surface area contributed by atoms with E-state index in [0.29, 0.717) is 11.4 Å². The fourth-order valence-corrected chi connectivity index (χ4v) is 3.05. The van der Waals surface area contributed by atoms with E-state index in [-0.39, 0.29) is 11.7 Å². The lowest BCUT2D eigenvalue weighted by atomic mass is 10.3. The predicted octanol–water partition coefficient (Wildman–Crippen LogP) is 1.53. The molecule has 0 spiro atoms. The minimum atomic E-state index is -0.181. The molecule has 2 aromatic rings. The van der Waals surface area contributed by atoms with Gasteiger partial charge in [-0.1, -0.05) is 11.3 Å². The number of nitrogens with two attached hydrogens (primary N) is 1. The second-order valence-corrected chi connectivity index (χ2v) is 6.51. The Kier molecular flexibility index (Phi) is 4.56. The Morgan fingerprint density at radius 3 is 2.75 bits per heavy atom. The van der Waals surface area contributed by atoms with Crippen LogP contribution in [0.4, 0.5) is 10.9 Å². The molecule has 108 valence electrons. The zero-order chi connectivity index (χ0) is 14.7. The maximum atomic E-state index is 12.0. The third-order valence-corrected chi connectivity index (χ3v) is 4.62. The number of anilines is 2. The van der Waals surface area contributed by atoms with Crippen molar-refractivity contribution >= 4 is 39.5 Å². The molecule has 0 saturated carbocycles. The molecule has 0 aliphatic rings. The first kappa shape index (κ1) is 14.7. The molecule has 3 N–H and O–H groups in total. The molecule has 20 heavy (non-hydrogen) atoms. The van der Waals surface area contributed by atoms with E-state index in [1.165, 1.54) is 11.3 Å². The van der Waals surface area contributed by atoms with Crippen molar-refractivity contribution in [3.8, 4) is 0 Å². The van der Waals surface area contributed by atoms with Gasteiger partial charge in [-0.25, -0.2) is 9.97 Å². The molecule has 2 aromatic heterocycles. The van der Waals surface area contributed by atoms with Gasteiger partial charge in [0.25, 0.3) is 5.91 Å². The summed E-state index contributed by atoms with van der Waals surface area (Å²) >= 11 is 2.90. The van der Waals surface area contributed by atoms with Crippen LogP contribution >= 0.6 is 22.7 Å². The first-order chi connectivity index (χ1) is 9.47. The smallest absolute Gasteiger partial charge is 0.265 e. The minimum Gasteiger partial charge on any atom is -0.382 e. The van der Waals surface area contributed by atoms with Gasteiger partial charge >= 0.3 is 0 Å². The molecule has 0 fully saturated rings. The van der Waals surface area contributed by atoms with E-state index < -0.39 is 0 Å². The number of nitrogens with one attached hydrogen (secondary N) is 1. The summed E-state index contributed by atoms with van der Waals surface area (Å²) in [5, 5.41) is 6.61. The topological polar surface area (TPSA) is 84.1 Å². The Balaban J connectivity index is 1.91. The van der Waals surface area contributed by atoms with Crippen molar-refractivity contribution in [2.45, 2.75) is 13.3 Å². The summed E-state index contributed by atoms with van der Waals surface area (Å²) in [7, 11) is 3.73. The summed E-state index contributed by atoms with van der Waals surface area (Å²) < 4.78 is 0. The number of thiazole rings is 2. The van der Waals surface area contributed by atoms with Crippen LogP contribution in [-0.4, -0.2) is 36.5 Å².